The molecular formula is C17H30N2O. The minimum atomic E-state index is -0.341. The molecule has 0 aromatic carbocycles. The number of hydrogen-bond donors (Lipinski definition) is 1. The van der Waals surface area contributed by atoms with Gasteiger partial charge in [0.15, 0.2) is 0 Å². The standard InChI is InChI=1S/C17H30N2O/c1-2-3-4-5-6-7-8-9-10-11-13-19-14-12-16(15-19)17(18)20/h12,14-15H,2-11,13H2,1H3,(H2,18,20). The average Bonchev–Trinajstić information content (AvgIpc) is 2.90. The summed E-state index contributed by atoms with van der Waals surface area (Å²) in [6, 6.07) is 1.79. The van der Waals surface area contributed by atoms with Gasteiger partial charge in [0.25, 0.3) is 0 Å². The van der Waals surface area contributed by atoms with Crippen LogP contribution in [0.15, 0.2) is 18.5 Å². The van der Waals surface area contributed by atoms with E-state index in [1.807, 2.05) is 12.4 Å². The summed E-state index contributed by atoms with van der Waals surface area (Å²) in [7, 11) is 0. The maximum atomic E-state index is 11.0. The van der Waals surface area contributed by atoms with Crippen molar-refractivity contribution in [2.45, 2.75) is 77.7 Å². The molecular weight excluding hydrogens is 248 g/mol. The summed E-state index contributed by atoms with van der Waals surface area (Å²) >= 11 is 0. The van der Waals surface area contributed by atoms with Gasteiger partial charge in [0.05, 0.1) is 5.56 Å². The van der Waals surface area contributed by atoms with Crippen LogP contribution in [0.5, 0.6) is 0 Å². The first-order valence-corrected chi connectivity index (χ1v) is 8.19. The van der Waals surface area contributed by atoms with Crippen molar-refractivity contribution in [3.05, 3.63) is 24.0 Å². The molecule has 3 heteroatoms. The molecule has 20 heavy (non-hydrogen) atoms. The molecule has 0 unspecified atom stereocenters. The molecule has 1 rings (SSSR count). The van der Waals surface area contributed by atoms with E-state index in [-0.39, 0.29) is 5.91 Å². The number of unbranched alkanes of at least 4 members (excludes halogenated alkanes) is 9. The van der Waals surface area contributed by atoms with Crippen LogP contribution in [0.1, 0.15) is 81.5 Å². The highest BCUT2D eigenvalue weighted by molar-refractivity contribution is 5.92. The topological polar surface area (TPSA) is 48.0 Å². The van der Waals surface area contributed by atoms with Gasteiger partial charge in [-0.15, -0.1) is 0 Å². The number of primary amides is 1. The normalized spacial score (nSPS) is 10.8. The first-order chi connectivity index (χ1) is 9.74. The van der Waals surface area contributed by atoms with Crippen molar-refractivity contribution in [2.24, 2.45) is 5.73 Å². The Morgan fingerprint density at radius 1 is 1.00 bits per heavy atom. The molecule has 3 nitrogen and oxygen atoms in total. The summed E-state index contributed by atoms with van der Waals surface area (Å²) in [6.45, 7) is 3.25. The van der Waals surface area contributed by atoms with Crippen molar-refractivity contribution in [3.63, 3.8) is 0 Å². The Labute approximate surface area is 123 Å². The van der Waals surface area contributed by atoms with E-state index in [1.54, 1.807) is 6.07 Å². The fraction of sp³-hybridized carbons (Fsp3) is 0.706. The SMILES string of the molecule is CCCCCCCCCCCCn1ccc(C(N)=O)c1. The minimum absolute atomic E-state index is 0.341. The van der Waals surface area contributed by atoms with Crippen LogP contribution in [0, 0.1) is 0 Å². The zero-order valence-electron chi connectivity index (χ0n) is 12.9. The molecule has 1 amide bonds. The molecule has 0 radical (unpaired) electrons. The van der Waals surface area contributed by atoms with E-state index in [1.165, 1.54) is 64.2 Å². The van der Waals surface area contributed by atoms with Gasteiger partial charge in [0, 0.05) is 18.9 Å². The first kappa shape index (κ1) is 16.8. The maximum absolute atomic E-state index is 11.0. The third-order valence-electron chi connectivity index (χ3n) is 3.80. The van der Waals surface area contributed by atoms with Crippen molar-refractivity contribution in [2.75, 3.05) is 0 Å². The molecule has 1 aromatic heterocycles. The van der Waals surface area contributed by atoms with Crippen LogP contribution in [-0.4, -0.2) is 10.5 Å². The number of aryl methyl sites for hydroxylation is 1. The van der Waals surface area contributed by atoms with E-state index in [2.05, 4.69) is 11.5 Å². The number of carbonyl (C=O) groups is 1. The molecule has 0 saturated carbocycles. The van der Waals surface area contributed by atoms with Crippen LogP contribution in [0.2, 0.25) is 0 Å². The number of nitrogens with zero attached hydrogens (tertiary/aromatic N) is 1. The molecule has 1 aromatic rings. The van der Waals surface area contributed by atoms with Crippen molar-refractivity contribution >= 4 is 5.91 Å². The number of rotatable bonds is 12. The lowest BCUT2D eigenvalue weighted by Crippen LogP contribution is -2.09. The quantitative estimate of drug-likeness (QED) is 0.562. The Hall–Kier alpha value is -1.25. The Morgan fingerprint density at radius 2 is 1.55 bits per heavy atom. The Morgan fingerprint density at radius 3 is 2.05 bits per heavy atom. The molecule has 0 fully saturated rings. The predicted octanol–water partition coefficient (Wildman–Crippen LogP) is 4.51. The minimum Gasteiger partial charge on any atom is -0.366 e. The molecule has 0 bridgehead atoms. The van der Waals surface area contributed by atoms with Gasteiger partial charge < -0.3 is 10.3 Å². The van der Waals surface area contributed by atoms with Crippen LogP contribution < -0.4 is 5.73 Å². The summed E-state index contributed by atoms with van der Waals surface area (Å²) < 4.78 is 2.06. The first-order valence-electron chi connectivity index (χ1n) is 8.19. The lowest BCUT2D eigenvalue weighted by atomic mass is 10.1. The summed E-state index contributed by atoms with van der Waals surface area (Å²) in [6.07, 6.45) is 17.3. The van der Waals surface area contributed by atoms with E-state index in [0.717, 1.165) is 6.54 Å². The van der Waals surface area contributed by atoms with Gasteiger partial charge >= 0.3 is 0 Å². The van der Waals surface area contributed by atoms with Crippen LogP contribution in [0.4, 0.5) is 0 Å². The Balaban J connectivity index is 1.93. The predicted molar refractivity (Wildman–Crippen MR) is 84.8 cm³/mol. The van der Waals surface area contributed by atoms with Crippen LogP contribution in [0.3, 0.4) is 0 Å². The van der Waals surface area contributed by atoms with E-state index in [0.29, 0.717) is 5.56 Å². The number of nitrogens with two attached hydrogens (primary N) is 1. The van der Waals surface area contributed by atoms with Gasteiger partial charge in [-0.25, -0.2) is 0 Å². The second-order valence-electron chi connectivity index (χ2n) is 5.68. The number of aromatic nitrogens is 1. The highest BCUT2D eigenvalue weighted by Gasteiger charge is 2.01. The molecule has 0 saturated heterocycles. The number of carbonyl (C=O) groups excluding carboxylic acids is 1. The molecule has 114 valence electrons. The molecule has 2 N–H and O–H groups in total. The van der Waals surface area contributed by atoms with Crippen LogP contribution >= 0.6 is 0 Å². The summed E-state index contributed by atoms with van der Waals surface area (Å²) in [5, 5.41) is 0. The van der Waals surface area contributed by atoms with Crippen molar-refractivity contribution < 1.29 is 4.79 Å². The fourth-order valence-corrected chi connectivity index (χ4v) is 2.51. The van der Waals surface area contributed by atoms with E-state index in [9.17, 15) is 4.79 Å². The smallest absolute Gasteiger partial charge is 0.250 e. The van der Waals surface area contributed by atoms with Crippen LogP contribution in [0.25, 0.3) is 0 Å². The van der Waals surface area contributed by atoms with E-state index < -0.39 is 0 Å². The zero-order chi connectivity index (χ0) is 14.6. The largest absolute Gasteiger partial charge is 0.366 e. The lowest BCUT2D eigenvalue weighted by molar-refractivity contribution is 0.1000. The zero-order valence-corrected chi connectivity index (χ0v) is 12.9. The van der Waals surface area contributed by atoms with Crippen molar-refractivity contribution in [1.29, 1.82) is 0 Å². The molecule has 0 spiro atoms. The molecule has 1 heterocycles. The molecule has 0 atom stereocenters. The summed E-state index contributed by atoms with van der Waals surface area (Å²) in [5.41, 5.74) is 5.84. The Kier molecular flexibility index (Phi) is 8.84. The summed E-state index contributed by atoms with van der Waals surface area (Å²) in [5.74, 6) is -0.341. The van der Waals surface area contributed by atoms with Gasteiger partial charge in [0.1, 0.15) is 0 Å². The van der Waals surface area contributed by atoms with Gasteiger partial charge in [-0.05, 0) is 12.5 Å². The fourth-order valence-electron chi connectivity index (χ4n) is 2.51. The van der Waals surface area contributed by atoms with Gasteiger partial charge in [-0.1, -0.05) is 64.7 Å². The third-order valence-corrected chi connectivity index (χ3v) is 3.80. The van der Waals surface area contributed by atoms with Gasteiger partial charge in [-0.2, -0.15) is 0 Å². The second kappa shape index (κ2) is 10.5. The number of amides is 1. The number of hydrogen-bond acceptors (Lipinski definition) is 1. The maximum Gasteiger partial charge on any atom is 0.250 e. The van der Waals surface area contributed by atoms with Gasteiger partial charge in [-0.3, -0.25) is 4.79 Å². The van der Waals surface area contributed by atoms with Crippen LogP contribution in [-0.2, 0) is 6.54 Å². The highest BCUT2D eigenvalue weighted by Crippen LogP contribution is 2.11. The highest BCUT2D eigenvalue weighted by atomic mass is 16.1. The molecule has 0 aliphatic rings. The van der Waals surface area contributed by atoms with E-state index in [4.69, 9.17) is 5.73 Å². The summed E-state index contributed by atoms with van der Waals surface area (Å²) in [4.78, 5) is 11.0. The average molecular weight is 278 g/mol. The second-order valence-corrected chi connectivity index (χ2v) is 5.68. The third kappa shape index (κ3) is 7.37. The van der Waals surface area contributed by atoms with Crippen molar-refractivity contribution in [1.82, 2.24) is 4.57 Å². The van der Waals surface area contributed by atoms with E-state index >= 15 is 0 Å². The Bertz CT molecular complexity index is 371. The van der Waals surface area contributed by atoms with Gasteiger partial charge in [0.2, 0.25) is 5.91 Å². The monoisotopic (exact) mass is 278 g/mol. The van der Waals surface area contributed by atoms with Crippen molar-refractivity contribution in [3.8, 4) is 0 Å². The molecule has 0 aliphatic heterocycles. The molecule has 0 aliphatic carbocycles. The lowest BCUT2D eigenvalue weighted by Gasteiger charge is -2.03.